The molecule has 112 valence electrons. The number of hydrogen-bond acceptors (Lipinski definition) is 4. The summed E-state index contributed by atoms with van der Waals surface area (Å²) in [5.74, 6) is 1.08. The summed E-state index contributed by atoms with van der Waals surface area (Å²) in [7, 11) is 0. The molecule has 0 N–H and O–H groups in total. The molecule has 2 rings (SSSR count). The molecule has 4 nitrogen and oxygen atoms in total. The van der Waals surface area contributed by atoms with E-state index in [2.05, 4.69) is 0 Å². The Bertz CT molecular complexity index is 553. The Labute approximate surface area is 128 Å². The molecular weight excluding hydrogens is 286 g/mol. The molecule has 1 amide bonds. The summed E-state index contributed by atoms with van der Waals surface area (Å²) in [6, 6.07) is 7.18. The number of Topliss-reactive ketones (excluding diaryl/α,β-unsaturated/α-hetero) is 1. The Morgan fingerprint density at radius 2 is 1.95 bits per heavy atom. The van der Waals surface area contributed by atoms with Crippen LogP contribution in [-0.2, 0) is 9.59 Å². The molecule has 1 saturated heterocycles. The summed E-state index contributed by atoms with van der Waals surface area (Å²) in [6.07, 6.45) is 0.961. The number of nitrogens with zero attached hydrogens (tertiary/aromatic N) is 1. The molecule has 1 unspecified atom stereocenters. The van der Waals surface area contributed by atoms with Crippen LogP contribution < -0.4 is 4.90 Å². The average Bonchev–Trinajstić information content (AvgIpc) is 2.85. The Balaban J connectivity index is 2.03. The van der Waals surface area contributed by atoms with Gasteiger partial charge in [-0.15, -0.1) is 0 Å². The zero-order chi connectivity index (χ0) is 15.4. The molecule has 5 heteroatoms. The van der Waals surface area contributed by atoms with Crippen molar-refractivity contribution in [2.24, 2.45) is 5.92 Å². The van der Waals surface area contributed by atoms with Gasteiger partial charge in [0.15, 0.2) is 10.9 Å². The third kappa shape index (κ3) is 3.94. The van der Waals surface area contributed by atoms with Crippen LogP contribution in [0.1, 0.15) is 37.0 Å². The van der Waals surface area contributed by atoms with Gasteiger partial charge < -0.3 is 4.90 Å². The molecule has 21 heavy (non-hydrogen) atoms. The van der Waals surface area contributed by atoms with E-state index >= 15 is 0 Å². The summed E-state index contributed by atoms with van der Waals surface area (Å²) in [4.78, 5) is 36.4. The minimum Gasteiger partial charge on any atom is -0.312 e. The van der Waals surface area contributed by atoms with Gasteiger partial charge in [-0.2, -0.15) is 0 Å². The summed E-state index contributed by atoms with van der Waals surface area (Å²) in [5.41, 5.74) is 1.50. The first-order chi connectivity index (χ1) is 10.0. The van der Waals surface area contributed by atoms with Crippen LogP contribution in [-0.4, -0.2) is 29.1 Å². The number of ketones is 1. The number of carbonyl (C=O) groups is 3. The third-order valence-corrected chi connectivity index (χ3v) is 4.59. The van der Waals surface area contributed by atoms with Gasteiger partial charge in [0.1, 0.15) is 0 Å². The van der Waals surface area contributed by atoms with E-state index in [1.807, 2.05) is 19.1 Å². The molecule has 1 heterocycles. The largest absolute Gasteiger partial charge is 0.312 e. The van der Waals surface area contributed by atoms with Gasteiger partial charge in [-0.05, 0) is 30.2 Å². The van der Waals surface area contributed by atoms with Crippen molar-refractivity contribution in [2.75, 3.05) is 17.2 Å². The van der Waals surface area contributed by atoms with Gasteiger partial charge in [-0.1, -0.05) is 18.7 Å². The monoisotopic (exact) mass is 305 g/mol. The van der Waals surface area contributed by atoms with Crippen molar-refractivity contribution in [1.29, 1.82) is 0 Å². The number of hydrogen-bond donors (Lipinski definition) is 0. The first-order valence-electron chi connectivity index (χ1n) is 7.08. The molecule has 1 fully saturated rings. The molecule has 1 aromatic rings. The van der Waals surface area contributed by atoms with Crippen molar-refractivity contribution >= 4 is 34.3 Å². The lowest BCUT2D eigenvalue weighted by atomic mass is 10.1. The van der Waals surface area contributed by atoms with Crippen LogP contribution in [0.25, 0.3) is 0 Å². The molecule has 0 spiro atoms. The predicted molar refractivity (Wildman–Crippen MR) is 84.7 cm³/mol. The van der Waals surface area contributed by atoms with Crippen LogP contribution in [0.3, 0.4) is 0 Å². The van der Waals surface area contributed by atoms with E-state index in [-0.39, 0.29) is 22.7 Å². The molecular formula is C16H19NO3S. The summed E-state index contributed by atoms with van der Waals surface area (Å²) < 4.78 is 0. The number of carbonyl (C=O) groups excluding carboxylic acids is 3. The number of thioether (sulfide) groups is 1. The Hall–Kier alpha value is -1.62. The average molecular weight is 305 g/mol. The van der Waals surface area contributed by atoms with Gasteiger partial charge >= 0.3 is 0 Å². The first kappa shape index (κ1) is 15.8. The van der Waals surface area contributed by atoms with E-state index in [4.69, 9.17) is 0 Å². The lowest BCUT2D eigenvalue weighted by Gasteiger charge is -2.17. The van der Waals surface area contributed by atoms with Crippen LogP contribution in [0.15, 0.2) is 24.3 Å². The van der Waals surface area contributed by atoms with Gasteiger partial charge in [-0.3, -0.25) is 14.4 Å². The van der Waals surface area contributed by atoms with E-state index in [1.165, 1.54) is 11.8 Å². The van der Waals surface area contributed by atoms with Crippen LogP contribution >= 0.6 is 11.8 Å². The number of rotatable bonds is 5. The van der Waals surface area contributed by atoms with E-state index in [0.717, 1.165) is 5.69 Å². The first-order valence-corrected chi connectivity index (χ1v) is 8.06. The summed E-state index contributed by atoms with van der Waals surface area (Å²) >= 11 is 1.27. The highest BCUT2D eigenvalue weighted by molar-refractivity contribution is 8.13. The van der Waals surface area contributed by atoms with E-state index in [9.17, 15) is 14.4 Å². The highest BCUT2D eigenvalue weighted by Crippen LogP contribution is 2.27. The van der Waals surface area contributed by atoms with Crippen molar-refractivity contribution in [3.63, 3.8) is 0 Å². The molecule has 0 bridgehead atoms. The standard InChI is InChI=1S/C16H19NO3S/c1-3-15(19)13-4-6-14(7-5-13)17-9-12(8-16(17)20)10-21-11(2)18/h4-7,12H,3,8-10H2,1-2H3. The zero-order valence-electron chi connectivity index (χ0n) is 12.3. The van der Waals surface area contributed by atoms with Gasteiger partial charge in [0.2, 0.25) is 5.91 Å². The van der Waals surface area contributed by atoms with Crippen LogP contribution in [0.5, 0.6) is 0 Å². The molecule has 1 aliphatic heterocycles. The molecule has 1 atom stereocenters. The molecule has 0 saturated carbocycles. The second-order valence-electron chi connectivity index (χ2n) is 5.20. The Kier molecular flexibility index (Phi) is 5.17. The molecule has 0 radical (unpaired) electrons. The zero-order valence-corrected chi connectivity index (χ0v) is 13.1. The fraction of sp³-hybridized carbons (Fsp3) is 0.438. The van der Waals surface area contributed by atoms with Crippen LogP contribution in [0.2, 0.25) is 0 Å². The van der Waals surface area contributed by atoms with Crippen LogP contribution in [0.4, 0.5) is 5.69 Å². The van der Waals surface area contributed by atoms with Gasteiger partial charge in [0.05, 0.1) is 0 Å². The minimum absolute atomic E-state index is 0.0821. The second-order valence-corrected chi connectivity index (χ2v) is 6.40. The van der Waals surface area contributed by atoms with E-state index in [1.54, 1.807) is 24.0 Å². The second kappa shape index (κ2) is 6.89. The number of anilines is 1. The summed E-state index contributed by atoms with van der Waals surface area (Å²) in [6.45, 7) is 4.01. The normalized spacial score (nSPS) is 18.1. The van der Waals surface area contributed by atoms with Gasteiger partial charge in [0.25, 0.3) is 0 Å². The Morgan fingerprint density at radius 1 is 1.29 bits per heavy atom. The maximum atomic E-state index is 12.1. The fourth-order valence-corrected chi connectivity index (χ4v) is 3.10. The molecule has 1 aromatic carbocycles. The maximum absolute atomic E-state index is 12.1. The van der Waals surface area contributed by atoms with Crippen molar-refractivity contribution in [3.8, 4) is 0 Å². The smallest absolute Gasteiger partial charge is 0.227 e. The van der Waals surface area contributed by atoms with Crippen molar-refractivity contribution in [1.82, 2.24) is 0 Å². The lowest BCUT2D eigenvalue weighted by Crippen LogP contribution is -2.24. The topological polar surface area (TPSA) is 54.5 Å². The highest BCUT2D eigenvalue weighted by atomic mass is 32.2. The highest BCUT2D eigenvalue weighted by Gasteiger charge is 2.30. The number of amides is 1. The predicted octanol–water partition coefficient (Wildman–Crippen LogP) is 2.91. The maximum Gasteiger partial charge on any atom is 0.227 e. The molecule has 0 aliphatic carbocycles. The lowest BCUT2D eigenvalue weighted by molar-refractivity contribution is -0.117. The van der Waals surface area contributed by atoms with Crippen LogP contribution in [0, 0.1) is 5.92 Å². The van der Waals surface area contributed by atoms with Crippen molar-refractivity contribution in [2.45, 2.75) is 26.7 Å². The third-order valence-electron chi connectivity index (χ3n) is 3.55. The minimum atomic E-state index is 0.0821. The quantitative estimate of drug-likeness (QED) is 0.785. The fourth-order valence-electron chi connectivity index (χ4n) is 2.41. The van der Waals surface area contributed by atoms with Gasteiger partial charge in [-0.25, -0.2) is 0 Å². The van der Waals surface area contributed by atoms with E-state index < -0.39 is 0 Å². The van der Waals surface area contributed by atoms with E-state index in [0.29, 0.717) is 30.7 Å². The van der Waals surface area contributed by atoms with Crippen molar-refractivity contribution in [3.05, 3.63) is 29.8 Å². The molecule has 1 aliphatic rings. The Morgan fingerprint density at radius 3 is 2.52 bits per heavy atom. The molecule has 0 aromatic heterocycles. The van der Waals surface area contributed by atoms with Gasteiger partial charge in [0, 0.05) is 43.3 Å². The van der Waals surface area contributed by atoms with Crippen molar-refractivity contribution < 1.29 is 14.4 Å². The SMILES string of the molecule is CCC(=O)c1ccc(N2CC(CSC(C)=O)CC2=O)cc1. The summed E-state index contributed by atoms with van der Waals surface area (Å²) in [5, 5.41) is 0.0864. The number of benzene rings is 1.